The average molecular weight is 532 g/mol. The highest BCUT2D eigenvalue weighted by molar-refractivity contribution is 5.98. The van der Waals surface area contributed by atoms with Crippen molar-refractivity contribution < 1.29 is 32.9 Å². The summed E-state index contributed by atoms with van der Waals surface area (Å²) >= 11 is 0. The summed E-state index contributed by atoms with van der Waals surface area (Å²) in [5.74, 6) is -0.293. The minimum absolute atomic E-state index is 0.0136. The van der Waals surface area contributed by atoms with Crippen LogP contribution in [-0.4, -0.2) is 76.9 Å². The summed E-state index contributed by atoms with van der Waals surface area (Å²) in [6.07, 6.45) is 4.27. The summed E-state index contributed by atoms with van der Waals surface area (Å²) in [6.45, 7) is 0.652. The van der Waals surface area contributed by atoms with E-state index in [-0.39, 0.29) is 47.5 Å². The molecule has 0 spiro atoms. The molecule has 0 unspecified atom stereocenters. The van der Waals surface area contributed by atoms with Gasteiger partial charge in [0, 0.05) is 24.8 Å². The summed E-state index contributed by atoms with van der Waals surface area (Å²) in [4.78, 5) is 28.4. The van der Waals surface area contributed by atoms with Gasteiger partial charge >= 0.3 is 0 Å². The second-order valence-electron chi connectivity index (χ2n) is 9.65. The third-order valence-corrected chi connectivity index (χ3v) is 7.05. The number of carbonyl (C=O) groups excluding carboxylic acids is 2. The molecule has 1 aliphatic rings. The summed E-state index contributed by atoms with van der Waals surface area (Å²) in [5.41, 5.74) is 0.892. The standard InChI is InChI=1S/C28H38FN3O6/c1-32(2)28(12-6-7-13-28)18-30-27(34)22(17-35-3)31-26(33)20-14-23(36-4)25(24(15-20)37-5)38-16-19-8-10-21(29)11-9-19/h8-11,14-15,22H,6-7,12-13,16-18H2,1-5H3,(H,30,34)(H,31,33)/t22-/m0/s1. The number of halogens is 1. The highest BCUT2D eigenvalue weighted by Gasteiger charge is 2.37. The van der Waals surface area contributed by atoms with Crippen molar-refractivity contribution >= 4 is 11.8 Å². The van der Waals surface area contributed by atoms with Crippen LogP contribution in [0.2, 0.25) is 0 Å². The van der Waals surface area contributed by atoms with Crippen LogP contribution >= 0.6 is 0 Å². The molecule has 2 amide bonds. The fourth-order valence-electron chi connectivity index (χ4n) is 4.67. The highest BCUT2D eigenvalue weighted by Crippen LogP contribution is 2.39. The maximum atomic E-state index is 13.2. The molecule has 9 nitrogen and oxygen atoms in total. The zero-order valence-electron chi connectivity index (χ0n) is 22.8. The van der Waals surface area contributed by atoms with E-state index in [1.165, 1.54) is 45.6 Å². The molecule has 0 saturated heterocycles. The average Bonchev–Trinajstić information content (AvgIpc) is 3.41. The van der Waals surface area contributed by atoms with Crippen LogP contribution in [-0.2, 0) is 16.1 Å². The van der Waals surface area contributed by atoms with Crippen molar-refractivity contribution in [1.29, 1.82) is 0 Å². The molecule has 1 saturated carbocycles. The molecule has 2 N–H and O–H groups in total. The van der Waals surface area contributed by atoms with Crippen LogP contribution in [0.25, 0.3) is 0 Å². The number of nitrogens with one attached hydrogen (secondary N) is 2. The van der Waals surface area contributed by atoms with Crippen LogP contribution in [0.4, 0.5) is 4.39 Å². The van der Waals surface area contributed by atoms with Crippen molar-refractivity contribution in [3.8, 4) is 17.2 Å². The van der Waals surface area contributed by atoms with E-state index >= 15 is 0 Å². The van der Waals surface area contributed by atoms with Crippen LogP contribution in [0.3, 0.4) is 0 Å². The van der Waals surface area contributed by atoms with Gasteiger partial charge in [0.05, 0.1) is 20.8 Å². The van der Waals surface area contributed by atoms with Gasteiger partial charge in [-0.3, -0.25) is 9.59 Å². The Morgan fingerprint density at radius 2 is 1.63 bits per heavy atom. The van der Waals surface area contributed by atoms with Crippen molar-refractivity contribution in [3.05, 3.63) is 53.3 Å². The Labute approximate surface area is 223 Å². The predicted octanol–water partition coefficient (Wildman–Crippen LogP) is 3.16. The van der Waals surface area contributed by atoms with Crippen LogP contribution < -0.4 is 24.8 Å². The lowest BCUT2D eigenvalue weighted by Gasteiger charge is -2.36. The van der Waals surface area contributed by atoms with E-state index in [1.807, 2.05) is 14.1 Å². The van der Waals surface area contributed by atoms with Gasteiger partial charge in [0.1, 0.15) is 18.5 Å². The number of hydrogen-bond acceptors (Lipinski definition) is 7. The van der Waals surface area contributed by atoms with Gasteiger partial charge in [-0.05, 0) is 56.8 Å². The van der Waals surface area contributed by atoms with Gasteiger partial charge in [0.25, 0.3) is 5.91 Å². The van der Waals surface area contributed by atoms with E-state index in [0.717, 1.165) is 31.2 Å². The number of benzene rings is 2. The molecule has 0 bridgehead atoms. The van der Waals surface area contributed by atoms with E-state index in [4.69, 9.17) is 18.9 Å². The summed E-state index contributed by atoms with van der Waals surface area (Å²) in [7, 11) is 8.43. The minimum atomic E-state index is -0.889. The number of ether oxygens (including phenoxy) is 4. The Morgan fingerprint density at radius 3 is 2.16 bits per heavy atom. The second-order valence-corrected chi connectivity index (χ2v) is 9.65. The highest BCUT2D eigenvalue weighted by atomic mass is 19.1. The van der Waals surface area contributed by atoms with Gasteiger partial charge < -0.3 is 34.5 Å². The van der Waals surface area contributed by atoms with Gasteiger partial charge in [-0.15, -0.1) is 0 Å². The number of hydrogen-bond donors (Lipinski definition) is 2. The van der Waals surface area contributed by atoms with Gasteiger partial charge in [-0.25, -0.2) is 4.39 Å². The van der Waals surface area contributed by atoms with E-state index < -0.39 is 11.9 Å². The van der Waals surface area contributed by atoms with E-state index in [9.17, 15) is 14.0 Å². The van der Waals surface area contributed by atoms with Crippen molar-refractivity contribution in [3.63, 3.8) is 0 Å². The zero-order chi connectivity index (χ0) is 27.7. The Bertz CT molecular complexity index is 1060. The molecule has 0 heterocycles. The summed E-state index contributed by atoms with van der Waals surface area (Å²) < 4.78 is 35.2. The Morgan fingerprint density at radius 1 is 1.03 bits per heavy atom. The van der Waals surface area contributed by atoms with Crippen molar-refractivity contribution in [1.82, 2.24) is 15.5 Å². The minimum Gasteiger partial charge on any atom is -0.493 e. The fraction of sp³-hybridized carbons (Fsp3) is 0.500. The number of rotatable bonds is 13. The first-order chi connectivity index (χ1) is 18.2. The largest absolute Gasteiger partial charge is 0.493 e. The topological polar surface area (TPSA) is 98.4 Å². The molecular formula is C28H38FN3O6. The van der Waals surface area contributed by atoms with Gasteiger partial charge in [-0.2, -0.15) is 0 Å². The molecule has 10 heteroatoms. The number of carbonyl (C=O) groups is 2. The van der Waals surface area contributed by atoms with E-state index in [2.05, 4.69) is 15.5 Å². The fourth-order valence-corrected chi connectivity index (χ4v) is 4.67. The molecule has 1 atom stereocenters. The molecule has 0 radical (unpaired) electrons. The molecule has 3 rings (SSSR count). The number of likely N-dealkylation sites (N-methyl/N-ethyl adjacent to an activating group) is 1. The maximum Gasteiger partial charge on any atom is 0.252 e. The molecule has 2 aromatic carbocycles. The SMILES string of the molecule is COC[C@H](NC(=O)c1cc(OC)c(OCc2ccc(F)cc2)c(OC)c1)C(=O)NCC1(N(C)C)CCCC1. The number of amides is 2. The van der Waals surface area contributed by atoms with Crippen molar-refractivity contribution in [2.75, 3.05) is 48.6 Å². The third-order valence-electron chi connectivity index (χ3n) is 7.05. The quantitative estimate of drug-likeness (QED) is 0.410. The van der Waals surface area contributed by atoms with Crippen LogP contribution in [0.15, 0.2) is 36.4 Å². The monoisotopic (exact) mass is 531 g/mol. The second kappa shape index (κ2) is 13.4. The predicted molar refractivity (Wildman–Crippen MR) is 141 cm³/mol. The lowest BCUT2D eigenvalue weighted by molar-refractivity contribution is -0.124. The first-order valence-corrected chi connectivity index (χ1v) is 12.6. The smallest absolute Gasteiger partial charge is 0.252 e. The van der Waals surface area contributed by atoms with Gasteiger partial charge in [-0.1, -0.05) is 25.0 Å². The van der Waals surface area contributed by atoms with Crippen molar-refractivity contribution in [2.45, 2.75) is 43.9 Å². The Balaban J connectivity index is 1.72. The van der Waals surface area contributed by atoms with Crippen LogP contribution in [0.5, 0.6) is 17.2 Å². The number of methoxy groups -OCH3 is 3. The molecule has 208 valence electrons. The Hall–Kier alpha value is -3.37. The third kappa shape index (κ3) is 7.14. The van der Waals surface area contributed by atoms with Gasteiger partial charge in [0.2, 0.25) is 11.7 Å². The Kier molecular flexibility index (Phi) is 10.3. The van der Waals surface area contributed by atoms with E-state index in [0.29, 0.717) is 12.3 Å². The molecule has 1 fully saturated rings. The summed E-state index contributed by atoms with van der Waals surface area (Å²) in [6, 6.07) is 8.06. The maximum absolute atomic E-state index is 13.2. The van der Waals surface area contributed by atoms with Gasteiger partial charge in [0.15, 0.2) is 11.5 Å². The summed E-state index contributed by atoms with van der Waals surface area (Å²) in [5, 5.41) is 5.77. The van der Waals surface area contributed by atoms with E-state index in [1.54, 1.807) is 12.1 Å². The zero-order valence-corrected chi connectivity index (χ0v) is 22.8. The lowest BCUT2D eigenvalue weighted by Crippen LogP contribution is -2.55. The molecule has 2 aromatic rings. The lowest BCUT2D eigenvalue weighted by atomic mass is 9.96. The van der Waals surface area contributed by atoms with Crippen molar-refractivity contribution in [2.24, 2.45) is 0 Å². The van der Waals surface area contributed by atoms with Crippen LogP contribution in [0.1, 0.15) is 41.6 Å². The first kappa shape index (κ1) is 29.2. The molecular weight excluding hydrogens is 493 g/mol. The molecule has 1 aliphatic carbocycles. The van der Waals surface area contributed by atoms with Crippen LogP contribution in [0, 0.1) is 5.82 Å². The number of nitrogens with zero attached hydrogens (tertiary/aromatic N) is 1. The normalized spacial score (nSPS) is 15.1. The molecule has 0 aromatic heterocycles. The molecule has 0 aliphatic heterocycles. The first-order valence-electron chi connectivity index (χ1n) is 12.6. The molecule has 38 heavy (non-hydrogen) atoms.